The molecule has 1 aliphatic heterocycles. The lowest BCUT2D eigenvalue weighted by molar-refractivity contribution is 0.397. The molecule has 0 spiro atoms. The second-order valence-electron chi connectivity index (χ2n) is 6.61. The fourth-order valence-corrected chi connectivity index (χ4v) is 5.30. The molecule has 0 bridgehead atoms. The summed E-state index contributed by atoms with van der Waals surface area (Å²) in [6.07, 6.45) is 1.76. The van der Waals surface area contributed by atoms with E-state index in [0.29, 0.717) is 35.7 Å². The van der Waals surface area contributed by atoms with Crippen molar-refractivity contribution in [3.8, 4) is 5.95 Å². The van der Waals surface area contributed by atoms with E-state index in [-0.39, 0.29) is 5.09 Å². The van der Waals surface area contributed by atoms with Crippen molar-refractivity contribution in [1.29, 1.82) is 0 Å². The van der Waals surface area contributed by atoms with Gasteiger partial charge in [0.2, 0.25) is 10.2 Å². The molecule has 0 aliphatic carbocycles. The van der Waals surface area contributed by atoms with Gasteiger partial charge in [-0.2, -0.15) is 9.40 Å². The van der Waals surface area contributed by atoms with Crippen molar-refractivity contribution in [2.75, 3.05) is 18.9 Å². The third kappa shape index (κ3) is 3.42. The van der Waals surface area contributed by atoms with Gasteiger partial charge < -0.3 is 10.3 Å². The van der Waals surface area contributed by atoms with Gasteiger partial charge >= 0.3 is 0 Å². The molecule has 0 atom stereocenters. The van der Waals surface area contributed by atoms with E-state index in [0.717, 1.165) is 24.2 Å². The molecule has 12 heteroatoms. The number of thioether (sulfide) groups is 1. The number of aryl methyl sites for hydroxylation is 2. The largest absolute Gasteiger partial charge is 0.447 e. The van der Waals surface area contributed by atoms with Gasteiger partial charge in [-0.05, 0) is 44.9 Å². The fraction of sp³-hybridized carbons (Fsp3) is 0.438. The van der Waals surface area contributed by atoms with Crippen LogP contribution in [0.15, 0.2) is 32.9 Å². The summed E-state index contributed by atoms with van der Waals surface area (Å²) in [5.74, 6) is 7.42. The van der Waals surface area contributed by atoms with Crippen LogP contribution in [-0.4, -0.2) is 50.5 Å². The van der Waals surface area contributed by atoms with Gasteiger partial charge in [0.25, 0.3) is 16.0 Å². The molecule has 0 amide bonds. The van der Waals surface area contributed by atoms with Crippen LogP contribution in [0.4, 0.5) is 0 Å². The van der Waals surface area contributed by atoms with E-state index in [1.165, 1.54) is 26.8 Å². The highest BCUT2D eigenvalue weighted by Gasteiger charge is 2.30. The van der Waals surface area contributed by atoms with Crippen LogP contribution >= 0.6 is 11.8 Å². The Morgan fingerprint density at radius 2 is 1.96 bits per heavy atom. The first-order valence-electron chi connectivity index (χ1n) is 8.82. The molecule has 1 aliphatic rings. The summed E-state index contributed by atoms with van der Waals surface area (Å²) in [5, 5.41) is 13.0. The molecule has 0 radical (unpaired) electrons. The molecular formula is C16H21N7O3S2. The van der Waals surface area contributed by atoms with Gasteiger partial charge in [-0.15, -0.1) is 10.2 Å². The number of hydrogen-bond donors (Lipinski definition) is 1. The highest BCUT2D eigenvalue weighted by Crippen LogP contribution is 2.27. The standard InChI is InChI=1S/C16H21N7O3S2/c1-11-9-12(2)23(20-11)15-18-19-16(22(15)17)27-10-13-5-6-14(26-13)28(24,25)21-7-3-4-8-21/h5-6,9H,3-4,7-8,10,17H2,1-2H3. The minimum atomic E-state index is -3.56. The van der Waals surface area contributed by atoms with E-state index in [1.54, 1.807) is 10.7 Å². The number of furan rings is 1. The number of aromatic nitrogens is 5. The summed E-state index contributed by atoms with van der Waals surface area (Å²) >= 11 is 1.31. The smallest absolute Gasteiger partial charge is 0.276 e. The van der Waals surface area contributed by atoms with Crippen LogP contribution in [0, 0.1) is 13.8 Å². The lowest BCUT2D eigenvalue weighted by atomic mass is 10.4. The van der Waals surface area contributed by atoms with Gasteiger partial charge in [0.1, 0.15) is 5.76 Å². The van der Waals surface area contributed by atoms with Gasteiger partial charge in [0.05, 0.1) is 11.4 Å². The summed E-state index contributed by atoms with van der Waals surface area (Å²) in [6.45, 7) is 4.88. The summed E-state index contributed by atoms with van der Waals surface area (Å²) in [6, 6.07) is 5.08. The molecule has 2 N–H and O–H groups in total. The third-order valence-electron chi connectivity index (χ3n) is 4.49. The Morgan fingerprint density at radius 3 is 2.64 bits per heavy atom. The highest BCUT2D eigenvalue weighted by atomic mass is 32.2. The quantitative estimate of drug-likeness (QED) is 0.467. The zero-order valence-electron chi connectivity index (χ0n) is 15.6. The Hall–Kier alpha value is -2.31. The van der Waals surface area contributed by atoms with Crippen LogP contribution in [0.25, 0.3) is 5.95 Å². The Balaban J connectivity index is 1.47. The van der Waals surface area contributed by atoms with Gasteiger partial charge in [-0.3, -0.25) is 0 Å². The van der Waals surface area contributed by atoms with Gasteiger partial charge in [0, 0.05) is 18.8 Å². The molecule has 0 unspecified atom stereocenters. The molecular weight excluding hydrogens is 402 g/mol. The van der Waals surface area contributed by atoms with Crippen LogP contribution in [0.1, 0.15) is 30.0 Å². The molecule has 28 heavy (non-hydrogen) atoms. The Bertz CT molecular complexity index is 1090. The molecule has 4 rings (SSSR count). The van der Waals surface area contributed by atoms with E-state index in [4.69, 9.17) is 10.3 Å². The average Bonchev–Trinajstić information content (AvgIpc) is 3.41. The molecule has 4 heterocycles. The monoisotopic (exact) mass is 423 g/mol. The second kappa shape index (κ2) is 7.26. The fourth-order valence-electron chi connectivity index (χ4n) is 3.11. The number of nitrogens with zero attached hydrogens (tertiary/aromatic N) is 6. The number of hydrogen-bond acceptors (Lipinski definition) is 8. The van der Waals surface area contributed by atoms with Crippen molar-refractivity contribution in [2.24, 2.45) is 0 Å². The predicted octanol–water partition coefficient (Wildman–Crippen LogP) is 1.46. The molecule has 0 saturated carbocycles. The Labute approximate surface area is 166 Å². The Morgan fingerprint density at radius 1 is 1.21 bits per heavy atom. The second-order valence-corrected chi connectivity index (χ2v) is 9.42. The number of rotatable bonds is 6. The normalized spacial score (nSPS) is 15.5. The van der Waals surface area contributed by atoms with Crippen molar-refractivity contribution in [3.63, 3.8) is 0 Å². The summed E-state index contributed by atoms with van der Waals surface area (Å²) < 4.78 is 35.1. The first kappa shape index (κ1) is 19.0. The zero-order valence-corrected chi connectivity index (χ0v) is 17.2. The van der Waals surface area contributed by atoms with Crippen LogP contribution in [0.2, 0.25) is 0 Å². The highest BCUT2D eigenvalue weighted by molar-refractivity contribution is 7.98. The number of nitrogen functional groups attached to an aromatic ring is 1. The van der Waals surface area contributed by atoms with Gasteiger partial charge in [-0.25, -0.2) is 17.8 Å². The summed E-state index contributed by atoms with van der Waals surface area (Å²) in [7, 11) is -3.56. The zero-order chi connectivity index (χ0) is 19.9. The van der Waals surface area contributed by atoms with Crippen molar-refractivity contribution in [2.45, 2.75) is 42.7 Å². The first-order chi connectivity index (χ1) is 13.4. The van der Waals surface area contributed by atoms with Crippen molar-refractivity contribution in [3.05, 3.63) is 35.3 Å². The van der Waals surface area contributed by atoms with E-state index in [1.807, 2.05) is 19.9 Å². The maximum absolute atomic E-state index is 12.5. The van der Waals surface area contributed by atoms with Crippen LogP contribution in [-0.2, 0) is 15.8 Å². The van der Waals surface area contributed by atoms with Crippen LogP contribution < -0.4 is 5.84 Å². The first-order valence-corrected chi connectivity index (χ1v) is 11.2. The van der Waals surface area contributed by atoms with Crippen molar-refractivity contribution < 1.29 is 12.8 Å². The number of sulfonamides is 1. The topological polar surface area (TPSA) is 125 Å². The molecule has 0 aromatic carbocycles. The van der Waals surface area contributed by atoms with Gasteiger partial charge in [-0.1, -0.05) is 11.8 Å². The van der Waals surface area contributed by atoms with Crippen LogP contribution in [0.3, 0.4) is 0 Å². The predicted molar refractivity (Wildman–Crippen MR) is 103 cm³/mol. The lowest BCUT2D eigenvalue weighted by Crippen LogP contribution is -2.27. The Kier molecular flexibility index (Phi) is 4.93. The minimum absolute atomic E-state index is 0.0254. The van der Waals surface area contributed by atoms with Gasteiger partial charge in [0.15, 0.2) is 0 Å². The molecule has 1 saturated heterocycles. The van der Waals surface area contributed by atoms with E-state index in [2.05, 4.69) is 15.3 Å². The van der Waals surface area contributed by atoms with Crippen LogP contribution in [0.5, 0.6) is 0 Å². The SMILES string of the molecule is Cc1cc(C)n(-c2nnc(SCc3ccc(S(=O)(=O)N4CCCC4)o3)n2N)n1. The van der Waals surface area contributed by atoms with E-state index >= 15 is 0 Å². The molecule has 3 aromatic heterocycles. The number of nitrogens with two attached hydrogens (primary N) is 1. The maximum atomic E-state index is 12.5. The van der Waals surface area contributed by atoms with E-state index in [9.17, 15) is 8.42 Å². The average molecular weight is 424 g/mol. The maximum Gasteiger partial charge on any atom is 0.276 e. The van der Waals surface area contributed by atoms with Crippen molar-refractivity contribution in [1.82, 2.24) is 29.0 Å². The summed E-state index contributed by atoms with van der Waals surface area (Å²) in [5.41, 5.74) is 1.76. The molecule has 150 valence electrons. The molecule has 10 nitrogen and oxygen atoms in total. The van der Waals surface area contributed by atoms with Crippen molar-refractivity contribution >= 4 is 21.8 Å². The lowest BCUT2D eigenvalue weighted by Gasteiger charge is -2.12. The molecule has 1 fully saturated rings. The molecule has 3 aromatic rings. The summed E-state index contributed by atoms with van der Waals surface area (Å²) in [4.78, 5) is 0. The van der Waals surface area contributed by atoms with E-state index < -0.39 is 10.0 Å². The minimum Gasteiger partial charge on any atom is -0.447 e. The third-order valence-corrected chi connectivity index (χ3v) is 7.22.